The third-order valence-electron chi connectivity index (χ3n) is 6.25. The number of nitrogens with zero attached hydrogens (tertiary/aromatic N) is 1. The van der Waals surface area contributed by atoms with Crippen LogP contribution in [0, 0.1) is 6.92 Å². The highest BCUT2D eigenvalue weighted by molar-refractivity contribution is 5.96. The van der Waals surface area contributed by atoms with Gasteiger partial charge in [-0.05, 0) is 31.9 Å². The number of carbonyl (C=O) groups is 2. The zero-order valence-electron chi connectivity index (χ0n) is 17.9. The molecule has 1 aromatic rings. The maximum Gasteiger partial charge on any atom is 0.315 e. The third kappa shape index (κ3) is 7.06. The first-order chi connectivity index (χ1) is 14.1. The van der Waals surface area contributed by atoms with E-state index in [9.17, 15) is 9.59 Å². The van der Waals surface area contributed by atoms with E-state index in [0.29, 0.717) is 13.0 Å². The Labute approximate surface area is 175 Å². The lowest BCUT2D eigenvalue weighted by molar-refractivity contribution is -0.117. The number of nitrogens with one attached hydrogen (secondary N) is 2. The summed E-state index contributed by atoms with van der Waals surface area (Å²) < 4.78 is 0. The second-order valence-corrected chi connectivity index (χ2v) is 8.81. The van der Waals surface area contributed by atoms with Gasteiger partial charge in [-0.1, -0.05) is 75.5 Å². The van der Waals surface area contributed by atoms with Crippen molar-refractivity contribution in [2.75, 3.05) is 11.4 Å². The van der Waals surface area contributed by atoms with Gasteiger partial charge >= 0.3 is 6.03 Å². The molecular formula is C24H37N3O2. The zero-order valence-corrected chi connectivity index (χ0v) is 17.9. The largest absolute Gasteiger partial charge is 0.335 e. The van der Waals surface area contributed by atoms with Crippen LogP contribution in [0.15, 0.2) is 24.3 Å². The Kier molecular flexibility index (Phi) is 8.38. The number of urea groups is 1. The summed E-state index contributed by atoms with van der Waals surface area (Å²) in [6, 6.07) is 7.97. The van der Waals surface area contributed by atoms with Crippen LogP contribution < -0.4 is 15.5 Å². The lowest BCUT2D eigenvalue weighted by Gasteiger charge is -2.22. The number of hydrogen-bond donors (Lipinski definition) is 2. The molecule has 3 rings (SSSR count). The molecule has 0 aromatic heterocycles. The predicted molar refractivity (Wildman–Crippen MR) is 118 cm³/mol. The number of rotatable bonds is 3. The normalized spacial score (nSPS) is 22.6. The third-order valence-corrected chi connectivity index (χ3v) is 6.25. The fraction of sp³-hybridized carbons (Fsp3) is 0.667. The van der Waals surface area contributed by atoms with E-state index in [2.05, 4.69) is 10.6 Å². The molecule has 1 saturated carbocycles. The quantitative estimate of drug-likeness (QED) is 0.745. The summed E-state index contributed by atoms with van der Waals surface area (Å²) in [5, 5.41) is 6.24. The van der Waals surface area contributed by atoms with Crippen molar-refractivity contribution >= 4 is 17.6 Å². The first-order valence-corrected chi connectivity index (χ1v) is 11.6. The molecule has 5 heteroatoms. The molecule has 0 spiro atoms. The van der Waals surface area contributed by atoms with E-state index in [4.69, 9.17) is 0 Å². The minimum atomic E-state index is -0.130. The van der Waals surface area contributed by atoms with Crippen LogP contribution in [0.4, 0.5) is 10.5 Å². The first-order valence-electron chi connectivity index (χ1n) is 11.6. The number of anilines is 1. The van der Waals surface area contributed by atoms with E-state index in [1.54, 1.807) is 4.90 Å². The van der Waals surface area contributed by atoms with E-state index >= 15 is 0 Å². The lowest BCUT2D eigenvalue weighted by atomic mass is 9.98. The molecule has 0 radical (unpaired) electrons. The topological polar surface area (TPSA) is 61.4 Å². The van der Waals surface area contributed by atoms with Gasteiger partial charge in [0.05, 0.1) is 6.04 Å². The van der Waals surface area contributed by atoms with Crippen molar-refractivity contribution in [2.24, 2.45) is 0 Å². The number of benzene rings is 1. The van der Waals surface area contributed by atoms with E-state index < -0.39 is 0 Å². The minimum Gasteiger partial charge on any atom is -0.335 e. The van der Waals surface area contributed by atoms with Crippen LogP contribution >= 0.6 is 0 Å². The minimum absolute atomic E-state index is 0.0742. The number of aryl methyl sites for hydroxylation is 1. The van der Waals surface area contributed by atoms with Crippen LogP contribution in [-0.4, -0.2) is 30.6 Å². The van der Waals surface area contributed by atoms with Crippen LogP contribution in [0.25, 0.3) is 0 Å². The van der Waals surface area contributed by atoms with Crippen molar-refractivity contribution in [3.05, 3.63) is 29.8 Å². The van der Waals surface area contributed by atoms with Crippen molar-refractivity contribution < 1.29 is 9.59 Å². The van der Waals surface area contributed by atoms with Gasteiger partial charge in [0.25, 0.3) is 0 Å². The zero-order chi connectivity index (χ0) is 20.5. The highest BCUT2D eigenvalue weighted by Crippen LogP contribution is 2.22. The molecule has 1 aromatic carbocycles. The van der Waals surface area contributed by atoms with Gasteiger partial charge in [0.1, 0.15) is 0 Å². The van der Waals surface area contributed by atoms with Gasteiger partial charge < -0.3 is 15.5 Å². The standard InChI is InChI=1S/C24H37N3O2/c1-19-13-15-22(16-14-19)27-18-21(17-23(27)28)26-24(29)25-20-11-9-7-5-3-2-4-6-8-10-12-20/h13-16,20-21H,2-12,17-18H2,1H3,(H2,25,26,29)/t21-/m0/s1. The number of carbonyl (C=O) groups excluding carboxylic acids is 2. The fourth-order valence-corrected chi connectivity index (χ4v) is 4.50. The Morgan fingerprint density at radius 3 is 1.93 bits per heavy atom. The van der Waals surface area contributed by atoms with Crippen LogP contribution in [0.2, 0.25) is 0 Å². The van der Waals surface area contributed by atoms with Crippen LogP contribution in [0.5, 0.6) is 0 Å². The Morgan fingerprint density at radius 2 is 1.34 bits per heavy atom. The highest BCUT2D eigenvalue weighted by Gasteiger charge is 2.31. The Morgan fingerprint density at radius 1 is 0.828 bits per heavy atom. The molecule has 2 N–H and O–H groups in total. The maximum atomic E-state index is 12.6. The number of hydrogen-bond acceptors (Lipinski definition) is 2. The van der Waals surface area contributed by atoms with Gasteiger partial charge in [-0.25, -0.2) is 4.79 Å². The van der Waals surface area contributed by atoms with Crippen LogP contribution in [-0.2, 0) is 4.79 Å². The van der Waals surface area contributed by atoms with E-state index in [1.807, 2.05) is 31.2 Å². The second kappa shape index (κ2) is 11.2. The van der Waals surface area contributed by atoms with Crippen molar-refractivity contribution in [1.29, 1.82) is 0 Å². The number of amides is 3. The molecule has 1 aliphatic carbocycles. The molecule has 29 heavy (non-hydrogen) atoms. The molecule has 1 atom stereocenters. The van der Waals surface area contributed by atoms with Crippen molar-refractivity contribution in [3.8, 4) is 0 Å². The molecule has 5 nitrogen and oxygen atoms in total. The van der Waals surface area contributed by atoms with Gasteiger partial charge in [-0.15, -0.1) is 0 Å². The molecule has 160 valence electrons. The summed E-state index contributed by atoms with van der Waals surface area (Å²) in [5.41, 5.74) is 2.08. The highest BCUT2D eigenvalue weighted by atomic mass is 16.2. The van der Waals surface area contributed by atoms with E-state index in [0.717, 1.165) is 18.5 Å². The molecule has 1 saturated heterocycles. The maximum absolute atomic E-state index is 12.6. The molecule has 0 bridgehead atoms. The molecule has 1 aliphatic heterocycles. The summed E-state index contributed by atoms with van der Waals surface area (Å²) in [5.74, 6) is 0.0742. The molecule has 3 amide bonds. The summed E-state index contributed by atoms with van der Waals surface area (Å²) in [7, 11) is 0. The van der Waals surface area contributed by atoms with Crippen LogP contribution in [0.1, 0.15) is 82.6 Å². The molecule has 2 fully saturated rings. The summed E-state index contributed by atoms with van der Waals surface area (Å²) in [6.07, 6.45) is 14.1. The Balaban J connectivity index is 1.47. The summed E-state index contributed by atoms with van der Waals surface area (Å²) in [6.45, 7) is 2.58. The molecule has 1 heterocycles. The van der Waals surface area contributed by atoms with Gasteiger partial charge in [0, 0.05) is 24.7 Å². The van der Waals surface area contributed by atoms with E-state index in [-0.39, 0.29) is 24.0 Å². The molecule has 0 unspecified atom stereocenters. The van der Waals surface area contributed by atoms with Crippen molar-refractivity contribution in [1.82, 2.24) is 10.6 Å². The predicted octanol–water partition coefficient (Wildman–Crippen LogP) is 5.07. The Hall–Kier alpha value is -2.04. The lowest BCUT2D eigenvalue weighted by Crippen LogP contribution is -2.47. The van der Waals surface area contributed by atoms with Crippen molar-refractivity contribution in [3.63, 3.8) is 0 Å². The molecule has 2 aliphatic rings. The summed E-state index contributed by atoms with van der Waals surface area (Å²) >= 11 is 0. The van der Waals surface area contributed by atoms with Gasteiger partial charge in [0.2, 0.25) is 5.91 Å². The van der Waals surface area contributed by atoms with Gasteiger partial charge in [0.15, 0.2) is 0 Å². The summed E-state index contributed by atoms with van der Waals surface area (Å²) in [4.78, 5) is 26.8. The van der Waals surface area contributed by atoms with Gasteiger partial charge in [-0.3, -0.25) is 4.79 Å². The Bertz CT molecular complexity index is 647. The van der Waals surface area contributed by atoms with Gasteiger partial charge in [-0.2, -0.15) is 0 Å². The van der Waals surface area contributed by atoms with Crippen molar-refractivity contribution in [2.45, 2.75) is 96.1 Å². The van der Waals surface area contributed by atoms with E-state index in [1.165, 1.54) is 63.4 Å². The second-order valence-electron chi connectivity index (χ2n) is 8.81. The fourth-order valence-electron chi connectivity index (χ4n) is 4.50. The van der Waals surface area contributed by atoms with Crippen LogP contribution in [0.3, 0.4) is 0 Å². The monoisotopic (exact) mass is 399 g/mol. The SMILES string of the molecule is Cc1ccc(N2C[C@@H](NC(=O)NC3CCCCCCCCCCC3)CC2=O)cc1. The first kappa shape index (κ1) is 21.7. The average molecular weight is 400 g/mol. The smallest absolute Gasteiger partial charge is 0.315 e. The molecular weight excluding hydrogens is 362 g/mol. The average Bonchev–Trinajstić information content (AvgIpc) is 3.04.